The molecule has 123 heavy (non-hydrogen) atoms. The van der Waals surface area contributed by atoms with Gasteiger partial charge in [0.1, 0.15) is 11.1 Å². The van der Waals surface area contributed by atoms with E-state index < -0.39 is 0 Å². The van der Waals surface area contributed by atoms with E-state index in [4.69, 9.17) is 24.4 Å². The zero-order valence-corrected chi connectivity index (χ0v) is 70.6. The minimum atomic E-state index is 0. The fourth-order valence-electron chi connectivity index (χ4n) is 16.6. The van der Waals surface area contributed by atoms with Gasteiger partial charge in [-0.3, -0.25) is 0 Å². The molecule has 0 fully saturated rings. The first-order valence-electron chi connectivity index (χ1n) is 40.7. The number of benzene rings is 16. The van der Waals surface area contributed by atoms with Gasteiger partial charge >= 0.3 is 0 Å². The number of aryl methyl sites for hydroxylation is 1. The number of furan rings is 1. The van der Waals surface area contributed by atoms with Gasteiger partial charge in [0.2, 0.25) is 0 Å². The Morgan fingerprint density at radius 3 is 1.28 bits per heavy atom. The Balaban J connectivity index is 0.000000116. The van der Waals surface area contributed by atoms with E-state index in [1.54, 1.807) is 6.20 Å². The quantitative estimate of drug-likeness (QED) is 0.0995. The van der Waals surface area contributed by atoms with Gasteiger partial charge in [0.25, 0.3) is 0 Å². The first-order valence-corrected chi connectivity index (χ1v) is 42.4. The van der Waals surface area contributed by atoms with Crippen LogP contribution < -0.4 is 0 Å². The van der Waals surface area contributed by atoms with Crippen LogP contribution in [0.4, 0.5) is 0 Å². The molecule has 0 N–H and O–H groups in total. The molecule has 0 bridgehead atoms. The summed E-state index contributed by atoms with van der Waals surface area (Å²) in [5, 5.41) is 13.2. The zero-order chi connectivity index (χ0) is 81.2. The van der Waals surface area contributed by atoms with Gasteiger partial charge in [-0.15, -0.1) is 94.5 Å². The largest absolute Gasteiger partial charge is 0.453 e. The summed E-state index contributed by atoms with van der Waals surface area (Å²) in [4.78, 5) is 29.5. The van der Waals surface area contributed by atoms with Crippen LogP contribution in [0.1, 0.15) is 5.56 Å². The van der Waals surface area contributed by atoms with Gasteiger partial charge in [-0.2, -0.15) is 0 Å². The van der Waals surface area contributed by atoms with Crippen molar-refractivity contribution in [1.82, 2.24) is 29.9 Å². The van der Waals surface area contributed by atoms with Gasteiger partial charge in [0.15, 0.2) is 11.4 Å². The molecular formula is C113H72IrN6OS2-2. The maximum absolute atomic E-state index is 6.22. The number of rotatable bonds is 10. The standard InChI is InChI=1S/C44H28N2.C40H22N2OS2.C18H14N.C11H8N.Ir/c1-3-13-31(14-4-1)39-27-41(35-21-19-29-11-7-9-17-33(29)25-35)45-43-37(39)23-24-38-40(32-15-5-2-6-16-32)28-42(46-44(38)43)36-22-20-30-12-8-10-18-34(30)26-36;1-3-16-35-28(10-1)30-14-6-12-26(38(30)44-35)23-8-5-9-25(20-23)40-41-22-34-37(42-40)32-21-24(18-19-33(32)43-34)27-13-7-15-31-29-11-2-4-17-36(29)45-39(27)31;1-14-12-18(16-10-6-3-7-11-16)19-13-17(14)15-8-4-2-5-9-15;1-2-6-10(7-3-1)11-8-4-5-9-12-11;/h1-28H;1-22H;2-10,12-13H,1H3;1-6,8-9H;/q;;2*-1;. The maximum Gasteiger partial charge on any atom is 0.172 e. The van der Waals surface area contributed by atoms with E-state index in [1.807, 2.05) is 120 Å². The molecule has 8 aromatic heterocycles. The van der Waals surface area contributed by atoms with Crippen molar-refractivity contribution in [1.29, 1.82) is 0 Å². The molecule has 0 spiro atoms. The molecule has 10 heteroatoms. The summed E-state index contributed by atoms with van der Waals surface area (Å²) in [6.07, 6.45) is 5.54. The molecule has 583 valence electrons. The van der Waals surface area contributed by atoms with Crippen molar-refractivity contribution < 1.29 is 24.5 Å². The number of thiophene rings is 2. The van der Waals surface area contributed by atoms with Gasteiger partial charge in [-0.1, -0.05) is 291 Å². The van der Waals surface area contributed by atoms with E-state index >= 15 is 0 Å². The molecule has 24 rings (SSSR count). The van der Waals surface area contributed by atoms with Crippen molar-refractivity contribution in [2.45, 2.75) is 6.92 Å². The maximum atomic E-state index is 6.22. The van der Waals surface area contributed by atoms with E-state index in [1.165, 1.54) is 89.7 Å². The number of hydrogen-bond acceptors (Lipinski definition) is 9. The van der Waals surface area contributed by atoms with Crippen molar-refractivity contribution in [3.63, 3.8) is 0 Å². The zero-order valence-electron chi connectivity index (χ0n) is 66.6. The second-order valence-electron chi connectivity index (χ2n) is 30.2. The molecule has 0 aliphatic carbocycles. The minimum Gasteiger partial charge on any atom is -0.453 e. The average Bonchev–Trinajstić information content (AvgIpc) is 0.798. The molecule has 0 saturated heterocycles. The van der Waals surface area contributed by atoms with Crippen molar-refractivity contribution in [3.8, 4) is 112 Å². The second-order valence-corrected chi connectivity index (χ2v) is 32.3. The molecule has 0 saturated carbocycles. The summed E-state index contributed by atoms with van der Waals surface area (Å²) in [7, 11) is 0. The smallest absolute Gasteiger partial charge is 0.172 e. The van der Waals surface area contributed by atoms with E-state index in [0.29, 0.717) is 11.4 Å². The second kappa shape index (κ2) is 34.1. The first kappa shape index (κ1) is 76.8. The molecule has 1 radical (unpaired) electrons. The van der Waals surface area contributed by atoms with Gasteiger partial charge in [0, 0.05) is 111 Å². The van der Waals surface area contributed by atoms with Crippen LogP contribution >= 0.6 is 22.7 Å². The molecular weight excluding hydrogens is 1710 g/mol. The van der Waals surface area contributed by atoms with Gasteiger partial charge in [-0.25, -0.2) is 19.9 Å². The van der Waals surface area contributed by atoms with Crippen LogP contribution in [0, 0.1) is 19.1 Å². The minimum absolute atomic E-state index is 0. The molecule has 24 aromatic rings. The van der Waals surface area contributed by atoms with Gasteiger partial charge in [0.05, 0.1) is 28.6 Å². The Hall–Kier alpha value is -14.9. The summed E-state index contributed by atoms with van der Waals surface area (Å²) in [5.41, 5.74) is 26.2. The third-order valence-corrected chi connectivity index (χ3v) is 25.0. The van der Waals surface area contributed by atoms with Gasteiger partial charge < -0.3 is 14.4 Å². The summed E-state index contributed by atoms with van der Waals surface area (Å²) in [6, 6.07) is 146. The van der Waals surface area contributed by atoms with Crippen LogP contribution in [0.25, 0.3) is 218 Å². The molecule has 7 nitrogen and oxygen atoms in total. The Kier molecular flexibility index (Phi) is 21.3. The SMILES string of the molecule is Cc1cc(-c2[c-]cccc2)ncc1-c1ccccc1.[Ir].[c-]1ccccc1-c1ccccn1.c1cc(-c2ncc3oc4ccc(-c5cccc6c5sc5ccccc56)cc4c3n2)cc(-c2cccc3c2sc2ccccc23)c1.c1ccc(-c2cc(-c3ccc4ccccc4c3)nc3c2ccc2c(-c4ccccc4)cc(-c4ccc5ccccc5c4)nc23)cc1. The normalized spacial score (nSPS) is 11.2. The van der Waals surface area contributed by atoms with E-state index in [0.717, 1.165) is 122 Å². The Bertz CT molecular complexity index is 7800. The Labute approximate surface area is 732 Å². The Morgan fingerprint density at radius 1 is 0.260 bits per heavy atom. The van der Waals surface area contributed by atoms with Gasteiger partial charge in [-0.05, 0) is 156 Å². The predicted molar refractivity (Wildman–Crippen MR) is 512 cm³/mol. The van der Waals surface area contributed by atoms with Crippen LogP contribution in [-0.4, -0.2) is 29.9 Å². The van der Waals surface area contributed by atoms with Crippen molar-refractivity contribution in [3.05, 3.63) is 437 Å². The number of pyridine rings is 4. The van der Waals surface area contributed by atoms with E-state index in [9.17, 15) is 0 Å². The summed E-state index contributed by atoms with van der Waals surface area (Å²) < 4.78 is 11.4. The fourth-order valence-corrected chi connectivity index (χ4v) is 19.1. The van der Waals surface area contributed by atoms with Crippen LogP contribution in [0.2, 0.25) is 0 Å². The molecule has 0 aliphatic rings. The predicted octanol–water partition coefficient (Wildman–Crippen LogP) is 30.9. The topological polar surface area (TPSA) is 90.5 Å². The molecule has 16 aromatic carbocycles. The molecule has 0 atom stereocenters. The third-order valence-electron chi connectivity index (χ3n) is 22.6. The van der Waals surface area contributed by atoms with Crippen molar-refractivity contribution in [2.75, 3.05) is 0 Å². The van der Waals surface area contributed by atoms with Crippen LogP contribution in [0.15, 0.2) is 423 Å². The van der Waals surface area contributed by atoms with Crippen LogP contribution in [-0.2, 0) is 20.1 Å². The number of aromatic nitrogens is 6. The molecule has 8 heterocycles. The van der Waals surface area contributed by atoms with Crippen LogP contribution in [0.5, 0.6) is 0 Å². The summed E-state index contributed by atoms with van der Waals surface area (Å²) >= 11 is 3.69. The Morgan fingerprint density at radius 2 is 0.732 bits per heavy atom. The fraction of sp³-hybridized carbons (Fsp3) is 0.00885. The number of hydrogen-bond donors (Lipinski definition) is 0. The third kappa shape index (κ3) is 15.4. The van der Waals surface area contributed by atoms with Crippen molar-refractivity contribution >= 4 is 128 Å². The molecule has 0 unspecified atom stereocenters. The number of fused-ring (bicyclic) bond motifs is 14. The first-order chi connectivity index (χ1) is 60.4. The monoisotopic (exact) mass is 1790 g/mol. The molecule has 0 aliphatic heterocycles. The summed E-state index contributed by atoms with van der Waals surface area (Å²) in [5.74, 6) is 0.688. The summed E-state index contributed by atoms with van der Waals surface area (Å²) in [6.45, 7) is 2.12. The van der Waals surface area contributed by atoms with Crippen LogP contribution in [0.3, 0.4) is 0 Å². The van der Waals surface area contributed by atoms with Crippen molar-refractivity contribution in [2.24, 2.45) is 0 Å². The van der Waals surface area contributed by atoms with E-state index in [2.05, 4.69) is 344 Å². The van der Waals surface area contributed by atoms with E-state index in [-0.39, 0.29) is 20.1 Å². The average molecular weight is 1790 g/mol. The molecule has 0 amide bonds. The number of nitrogens with zero attached hydrogens (tertiary/aromatic N) is 6.